The molecule has 74 valence electrons. The highest BCUT2D eigenvalue weighted by Crippen LogP contribution is 2.26. The average Bonchev–Trinajstić information content (AvgIpc) is 2.11. The van der Waals surface area contributed by atoms with Crippen LogP contribution in [0.2, 0.25) is 0 Å². The molecule has 3 heteroatoms. The number of benzene rings is 1. The molecular weight excluding hydrogens is 245 g/mol. The van der Waals surface area contributed by atoms with Gasteiger partial charge in [0.1, 0.15) is 5.82 Å². The van der Waals surface area contributed by atoms with Gasteiger partial charge in [0.25, 0.3) is 0 Å². The first kappa shape index (κ1) is 11.2. The van der Waals surface area contributed by atoms with E-state index in [-0.39, 0.29) is 17.7 Å². The lowest BCUT2D eigenvalue weighted by Crippen LogP contribution is -2.04. The summed E-state index contributed by atoms with van der Waals surface area (Å²) in [7, 11) is 0. The van der Waals surface area contributed by atoms with E-state index in [1.54, 1.807) is 12.1 Å². The van der Waals surface area contributed by atoms with Gasteiger partial charge in [-0.25, -0.2) is 4.39 Å². The summed E-state index contributed by atoms with van der Waals surface area (Å²) in [6.45, 7) is 3.90. The Balaban J connectivity index is 3.08. The molecule has 0 saturated carbocycles. The fraction of sp³-hybridized carbons (Fsp3) is 0.364. The number of nitrogens with zero attached hydrogens (tertiary/aromatic N) is 1. The van der Waals surface area contributed by atoms with E-state index in [1.807, 2.05) is 13.8 Å². The predicted molar refractivity (Wildman–Crippen MR) is 57.3 cm³/mol. The van der Waals surface area contributed by atoms with Gasteiger partial charge in [-0.3, -0.25) is 0 Å². The van der Waals surface area contributed by atoms with Crippen LogP contribution in [0.4, 0.5) is 4.39 Å². The quantitative estimate of drug-likeness (QED) is 0.788. The standard InChI is InChI=1S/C11H11BrFN/c1-7(2)9(6-14)8-3-4-10(12)11(13)5-8/h3-5,7,9H,1-2H3. The van der Waals surface area contributed by atoms with Gasteiger partial charge in [-0.1, -0.05) is 19.9 Å². The number of hydrogen-bond acceptors (Lipinski definition) is 1. The van der Waals surface area contributed by atoms with Crippen LogP contribution in [-0.2, 0) is 0 Å². The van der Waals surface area contributed by atoms with Crippen molar-refractivity contribution >= 4 is 15.9 Å². The van der Waals surface area contributed by atoms with Crippen molar-refractivity contribution < 1.29 is 4.39 Å². The molecule has 0 aliphatic carbocycles. The zero-order chi connectivity index (χ0) is 10.7. The first-order valence-corrected chi connectivity index (χ1v) is 5.20. The van der Waals surface area contributed by atoms with Gasteiger partial charge in [0, 0.05) is 0 Å². The molecule has 1 nitrogen and oxygen atoms in total. The molecule has 0 amide bonds. The molecule has 0 saturated heterocycles. The summed E-state index contributed by atoms with van der Waals surface area (Å²) in [6.07, 6.45) is 0. The first-order valence-electron chi connectivity index (χ1n) is 4.40. The second-order valence-electron chi connectivity index (χ2n) is 3.52. The molecule has 0 aliphatic heterocycles. The summed E-state index contributed by atoms with van der Waals surface area (Å²) >= 11 is 3.08. The van der Waals surface area contributed by atoms with Gasteiger partial charge >= 0.3 is 0 Å². The van der Waals surface area contributed by atoms with Crippen molar-refractivity contribution in [1.82, 2.24) is 0 Å². The Morgan fingerprint density at radius 2 is 2.07 bits per heavy atom. The van der Waals surface area contributed by atoms with Crippen molar-refractivity contribution in [1.29, 1.82) is 5.26 Å². The molecule has 1 unspecified atom stereocenters. The summed E-state index contributed by atoms with van der Waals surface area (Å²) < 4.78 is 13.6. The highest BCUT2D eigenvalue weighted by Gasteiger charge is 2.15. The monoisotopic (exact) mass is 255 g/mol. The predicted octanol–water partition coefficient (Wildman–Crippen LogP) is 3.85. The molecule has 1 atom stereocenters. The van der Waals surface area contributed by atoms with Gasteiger partial charge in [-0.2, -0.15) is 5.26 Å². The van der Waals surface area contributed by atoms with E-state index in [0.29, 0.717) is 4.47 Å². The van der Waals surface area contributed by atoms with Crippen LogP contribution in [0.1, 0.15) is 25.3 Å². The van der Waals surface area contributed by atoms with Gasteiger partial charge in [0.2, 0.25) is 0 Å². The maximum absolute atomic E-state index is 13.2. The summed E-state index contributed by atoms with van der Waals surface area (Å²) in [5.41, 5.74) is 0.739. The van der Waals surface area contributed by atoms with Crippen molar-refractivity contribution in [3.05, 3.63) is 34.1 Å². The zero-order valence-corrected chi connectivity index (χ0v) is 9.68. The van der Waals surface area contributed by atoms with Crippen molar-refractivity contribution in [2.75, 3.05) is 0 Å². The van der Waals surface area contributed by atoms with E-state index in [1.165, 1.54) is 6.07 Å². The number of nitriles is 1. The second kappa shape index (κ2) is 4.56. The first-order chi connectivity index (χ1) is 6.56. The Labute approximate surface area is 91.7 Å². The number of rotatable bonds is 2. The maximum atomic E-state index is 13.2. The third-order valence-electron chi connectivity index (χ3n) is 2.11. The van der Waals surface area contributed by atoms with Crippen molar-refractivity contribution in [2.45, 2.75) is 19.8 Å². The highest BCUT2D eigenvalue weighted by molar-refractivity contribution is 9.10. The van der Waals surface area contributed by atoms with Crippen molar-refractivity contribution in [3.63, 3.8) is 0 Å². The van der Waals surface area contributed by atoms with Crippen LogP contribution in [-0.4, -0.2) is 0 Å². The summed E-state index contributed by atoms with van der Waals surface area (Å²) in [4.78, 5) is 0. The summed E-state index contributed by atoms with van der Waals surface area (Å²) in [5.74, 6) is -0.360. The van der Waals surface area contributed by atoms with Gasteiger partial charge < -0.3 is 0 Å². The minimum Gasteiger partial charge on any atom is -0.206 e. The lowest BCUT2D eigenvalue weighted by Gasteiger charge is -2.13. The molecule has 0 aliphatic rings. The van der Waals surface area contributed by atoms with Crippen LogP contribution in [0.15, 0.2) is 22.7 Å². The van der Waals surface area contributed by atoms with E-state index in [9.17, 15) is 4.39 Å². The molecule has 0 spiro atoms. The summed E-state index contributed by atoms with van der Waals surface area (Å²) in [5, 5.41) is 8.93. The van der Waals surface area contributed by atoms with Gasteiger partial charge in [0.15, 0.2) is 0 Å². The Morgan fingerprint density at radius 1 is 1.43 bits per heavy atom. The SMILES string of the molecule is CC(C)C(C#N)c1ccc(Br)c(F)c1. The van der Waals surface area contributed by atoms with Crippen LogP contribution in [0.5, 0.6) is 0 Å². The molecule has 0 aromatic heterocycles. The van der Waals surface area contributed by atoms with Crippen LogP contribution in [0.3, 0.4) is 0 Å². The lowest BCUT2D eigenvalue weighted by atomic mass is 9.90. The minimum atomic E-state index is -0.316. The Kier molecular flexibility index (Phi) is 3.65. The summed E-state index contributed by atoms with van der Waals surface area (Å²) in [6, 6.07) is 7.01. The van der Waals surface area contributed by atoms with Gasteiger partial charge in [0.05, 0.1) is 16.5 Å². The Bertz CT molecular complexity index is 368. The van der Waals surface area contributed by atoms with Gasteiger partial charge in [-0.05, 0) is 39.5 Å². The fourth-order valence-corrected chi connectivity index (χ4v) is 1.56. The number of halogens is 2. The maximum Gasteiger partial charge on any atom is 0.137 e. The molecule has 1 aromatic rings. The third kappa shape index (κ3) is 2.33. The molecule has 0 heterocycles. The molecule has 0 bridgehead atoms. The van der Waals surface area contributed by atoms with Crippen LogP contribution in [0.25, 0.3) is 0 Å². The minimum absolute atomic E-state index is 0.195. The zero-order valence-electron chi connectivity index (χ0n) is 8.09. The topological polar surface area (TPSA) is 23.8 Å². The molecule has 0 N–H and O–H groups in total. The van der Waals surface area contributed by atoms with Crippen LogP contribution in [0, 0.1) is 23.1 Å². The molecule has 0 radical (unpaired) electrons. The van der Waals surface area contributed by atoms with E-state index in [0.717, 1.165) is 5.56 Å². The Hall–Kier alpha value is -0.880. The second-order valence-corrected chi connectivity index (χ2v) is 4.38. The van der Waals surface area contributed by atoms with E-state index >= 15 is 0 Å². The molecule has 1 rings (SSSR count). The van der Waals surface area contributed by atoms with Gasteiger partial charge in [-0.15, -0.1) is 0 Å². The molecular formula is C11H11BrFN. The fourth-order valence-electron chi connectivity index (χ4n) is 1.31. The normalized spacial score (nSPS) is 12.6. The van der Waals surface area contributed by atoms with E-state index in [4.69, 9.17) is 5.26 Å². The number of hydrogen-bond donors (Lipinski definition) is 0. The van der Waals surface area contributed by atoms with Crippen molar-refractivity contribution in [2.24, 2.45) is 5.92 Å². The van der Waals surface area contributed by atoms with Crippen LogP contribution >= 0.6 is 15.9 Å². The average molecular weight is 256 g/mol. The largest absolute Gasteiger partial charge is 0.206 e. The Morgan fingerprint density at radius 3 is 2.50 bits per heavy atom. The molecule has 1 aromatic carbocycles. The third-order valence-corrected chi connectivity index (χ3v) is 2.75. The lowest BCUT2D eigenvalue weighted by molar-refractivity contribution is 0.575. The van der Waals surface area contributed by atoms with Crippen LogP contribution < -0.4 is 0 Å². The highest BCUT2D eigenvalue weighted by atomic mass is 79.9. The van der Waals surface area contributed by atoms with E-state index in [2.05, 4.69) is 22.0 Å². The van der Waals surface area contributed by atoms with Crippen molar-refractivity contribution in [3.8, 4) is 6.07 Å². The smallest absolute Gasteiger partial charge is 0.137 e. The molecule has 0 fully saturated rings. The van der Waals surface area contributed by atoms with E-state index < -0.39 is 0 Å². The molecule has 14 heavy (non-hydrogen) atoms.